The van der Waals surface area contributed by atoms with Crippen LogP contribution in [-0.4, -0.2) is 38.5 Å². The molecule has 0 bridgehead atoms. The molecule has 2 N–H and O–H groups in total. The Bertz CT molecular complexity index is 1430. The predicted octanol–water partition coefficient (Wildman–Crippen LogP) is 4.21. The third kappa shape index (κ3) is 5.56. The first-order chi connectivity index (χ1) is 16.9. The van der Waals surface area contributed by atoms with E-state index < -0.39 is 15.9 Å². The Hall–Kier alpha value is -4.44. The molecular weight excluding hydrogens is 468 g/mol. The Labute approximate surface area is 202 Å². The maximum absolute atomic E-state index is 13.1. The Kier molecular flexibility index (Phi) is 6.93. The number of methoxy groups -OCH3 is 2. The molecule has 4 aromatic rings. The van der Waals surface area contributed by atoms with Crippen LogP contribution in [-0.2, 0) is 10.0 Å². The van der Waals surface area contributed by atoms with Crippen LogP contribution in [0.5, 0.6) is 11.5 Å². The molecule has 10 heteroatoms. The van der Waals surface area contributed by atoms with Crippen LogP contribution in [0.25, 0.3) is 11.4 Å². The van der Waals surface area contributed by atoms with E-state index in [-0.39, 0.29) is 21.9 Å². The maximum atomic E-state index is 13.1. The van der Waals surface area contributed by atoms with Gasteiger partial charge < -0.3 is 14.8 Å². The number of nitrogens with zero attached hydrogens (tertiary/aromatic N) is 2. The molecule has 3 aromatic carbocycles. The molecule has 0 fully saturated rings. The molecule has 1 aromatic heterocycles. The monoisotopic (exact) mass is 490 g/mol. The fraction of sp³-hybridized carbons (Fsp3) is 0.0800. The van der Waals surface area contributed by atoms with E-state index in [0.29, 0.717) is 17.3 Å². The second-order valence-corrected chi connectivity index (χ2v) is 8.97. The van der Waals surface area contributed by atoms with Crippen molar-refractivity contribution in [3.05, 3.63) is 90.8 Å². The summed E-state index contributed by atoms with van der Waals surface area (Å²) in [6, 6.07) is 20.1. The van der Waals surface area contributed by atoms with Crippen molar-refractivity contribution in [3.63, 3.8) is 0 Å². The summed E-state index contributed by atoms with van der Waals surface area (Å²) in [6.07, 6.45) is 2.83. The number of benzene rings is 3. The van der Waals surface area contributed by atoms with Crippen LogP contribution in [0.15, 0.2) is 90.1 Å². The van der Waals surface area contributed by atoms with E-state index in [4.69, 9.17) is 9.47 Å². The first kappa shape index (κ1) is 23.7. The molecule has 0 aliphatic rings. The Morgan fingerprint density at radius 3 is 2.11 bits per heavy atom. The third-order valence-corrected chi connectivity index (χ3v) is 6.40. The molecule has 1 heterocycles. The minimum absolute atomic E-state index is 0.125. The van der Waals surface area contributed by atoms with Crippen molar-refractivity contribution in [2.75, 3.05) is 24.3 Å². The van der Waals surface area contributed by atoms with Gasteiger partial charge in [0.05, 0.1) is 19.8 Å². The highest BCUT2D eigenvalue weighted by atomic mass is 32.2. The van der Waals surface area contributed by atoms with Crippen LogP contribution in [0.3, 0.4) is 0 Å². The number of sulfonamides is 1. The molecule has 0 radical (unpaired) electrons. The molecule has 0 atom stereocenters. The Morgan fingerprint density at radius 2 is 1.49 bits per heavy atom. The van der Waals surface area contributed by atoms with E-state index >= 15 is 0 Å². The molecule has 0 spiro atoms. The number of aromatic nitrogens is 2. The zero-order valence-electron chi connectivity index (χ0n) is 18.9. The summed E-state index contributed by atoms with van der Waals surface area (Å²) in [5.41, 5.74) is 1.66. The molecule has 0 saturated heterocycles. The van der Waals surface area contributed by atoms with Gasteiger partial charge >= 0.3 is 0 Å². The lowest BCUT2D eigenvalue weighted by Crippen LogP contribution is -2.16. The molecule has 35 heavy (non-hydrogen) atoms. The van der Waals surface area contributed by atoms with Crippen molar-refractivity contribution in [1.29, 1.82) is 0 Å². The number of ether oxygens (including phenoxy) is 2. The van der Waals surface area contributed by atoms with Gasteiger partial charge in [-0.2, -0.15) is 0 Å². The molecule has 1 amide bonds. The average molecular weight is 491 g/mol. The van der Waals surface area contributed by atoms with E-state index in [1.54, 1.807) is 30.3 Å². The van der Waals surface area contributed by atoms with Gasteiger partial charge in [-0.05, 0) is 42.5 Å². The second-order valence-electron chi connectivity index (χ2n) is 7.32. The summed E-state index contributed by atoms with van der Waals surface area (Å²) < 4.78 is 38.9. The van der Waals surface area contributed by atoms with Gasteiger partial charge in [0, 0.05) is 29.3 Å². The number of rotatable bonds is 8. The van der Waals surface area contributed by atoms with Crippen molar-refractivity contribution in [1.82, 2.24) is 9.97 Å². The van der Waals surface area contributed by atoms with Gasteiger partial charge in [-0.1, -0.05) is 30.3 Å². The lowest BCUT2D eigenvalue weighted by Gasteiger charge is -2.14. The minimum Gasteiger partial charge on any atom is -0.497 e. The van der Waals surface area contributed by atoms with Crippen molar-refractivity contribution >= 4 is 27.3 Å². The van der Waals surface area contributed by atoms with Gasteiger partial charge in [-0.3, -0.25) is 9.52 Å². The number of nitrogens with one attached hydrogen (secondary N) is 2. The lowest BCUT2D eigenvalue weighted by atomic mass is 10.2. The molecular formula is C25H22N4O5S. The first-order valence-corrected chi connectivity index (χ1v) is 11.9. The number of amides is 1. The van der Waals surface area contributed by atoms with Gasteiger partial charge in [-0.25, -0.2) is 18.4 Å². The second kappa shape index (κ2) is 10.2. The molecule has 178 valence electrons. The predicted molar refractivity (Wildman–Crippen MR) is 132 cm³/mol. The summed E-state index contributed by atoms with van der Waals surface area (Å²) in [5, 5.41) is 2.68. The third-order valence-electron chi connectivity index (χ3n) is 5.00. The maximum Gasteiger partial charge on any atom is 0.265 e. The number of anilines is 2. The van der Waals surface area contributed by atoms with Gasteiger partial charge in [0.25, 0.3) is 15.9 Å². The molecule has 0 unspecified atom stereocenters. The number of carbonyl (C=O) groups is 1. The largest absolute Gasteiger partial charge is 0.497 e. The van der Waals surface area contributed by atoms with Crippen molar-refractivity contribution in [2.45, 2.75) is 4.90 Å². The van der Waals surface area contributed by atoms with Gasteiger partial charge in [0.2, 0.25) is 0 Å². The quantitative estimate of drug-likeness (QED) is 0.380. The van der Waals surface area contributed by atoms with E-state index in [0.717, 1.165) is 5.56 Å². The van der Waals surface area contributed by atoms with E-state index in [1.165, 1.54) is 38.7 Å². The number of carbonyl (C=O) groups excluding carboxylic acids is 1. The van der Waals surface area contributed by atoms with Crippen LogP contribution in [0.4, 0.5) is 11.4 Å². The normalized spacial score (nSPS) is 10.9. The summed E-state index contributed by atoms with van der Waals surface area (Å²) >= 11 is 0. The Morgan fingerprint density at radius 1 is 0.829 bits per heavy atom. The lowest BCUT2D eigenvalue weighted by molar-refractivity contribution is 0.102. The molecule has 0 aliphatic carbocycles. The van der Waals surface area contributed by atoms with Gasteiger partial charge in [0.1, 0.15) is 16.4 Å². The molecule has 9 nitrogen and oxygen atoms in total. The van der Waals surface area contributed by atoms with E-state index in [2.05, 4.69) is 20.0 Å². The van der Waals surface area contributed by atoms with E-state index in [1.807, 2.05) is 30.3 Å². The molecule has 4 rings (SSSR count). The average Bonchev–Trinajstić information content (AvgIpc) is 2.89. The van der Waals surface area contributed by atoms with Crippen molar-refractivity contribution in [3.8, 4) is 22.9 Å². The number of hydrogen-bond donors (Lipinski definition) is 2. The van der Waals surface area contributed by atoms with Crippen LogP contribution < -0.4 is 19.5 Å². The van der Waals surface area contributed by atoms with Crippen LogP contribution in [0.2, 0.25) is 0 Å². The summed E-state index contributed by atoms with van der Waals surface area (Å²) in [6.45, 7) is 0. The van der Waals surface area contributed by atoms with Crippen LogP contribution in [0, 0.1) is 0 Å². The highest BCUT2D eigenvalue weighted by Gasteiger charge is 2.21. The fourth-order valence-corrected chi connectivity index (χ4v) is 4.47. The topological polar surface area (TPSA) is 120 Å². The first-order valence-electron chi connectivity index (χ1n) is 10.4. The smallest absolute Gasteiger partial charge is 0.265 e. The standard InChI is InChI=1S/C25H22N4O5S/c1-33-21-11-8-19(9-12-21)29-35(31,32)23-14-20(10-13-22(23)34-2)28-25(30)18-15-26-24(27-16-18)17-6-4-3-5-7-17/h3-16,29H,1-2H3,(H,28,30). The highest BCUT2D eigenvalue weighted by Crippen LogP contribution is 2.29. The summed E-state index contributed by atoms with van der Waals surface area (Å²) in [7, 11) is -1.14. The summed E-state index contributed by atoms with van der Waals surface area (Å²) in [5.74, 6) is 0.724. The zero-order chi connectivity index (χ0) is 24.8. The fourth-order valence-electron chi connectivity index (χ4n) is 3.22. The minimum atomic E-state index is -4.03. The SMILES string of the molecule is COc1ccc(NS(=O)(=O)c2cc(NC(=O)c3cnc(-c4ccccc4)nc3)ccc2OC)cc1. The van der Waals surface area contributed by atoms with E-state index in [9.17, 15) is 13.2 Å². The van der Waals surface area contributed by atoms with Crippen molar-refractivity contribution < 1.29 is 22.7 Å². The highest BCUT2D eigenvalue weighted by molar-refractivity contribution is 7.92. The van der Waals surface area contributed by atoms with Gasteiger partial charge in [-0.15, -0.1) is 0 Å². The molecule has 0 saturated carbocycles. The summed E-state index contributed by atoms with van der Waals surface area (Å²) in [4.78, 5) is 21.1. The van der Waals surface area contributed by atoms with Crippen molar-refractivity contribution in [2.24, 2.45) is 0 Å². The number of hydrogen-bond acceptors (Lipinski definition) is 7. The van der Waals surface area contributed by atoms with Crippen LogP contribution in [0.1, 0.15) is 10.4 Å². The van der Waals surface area contributed by atoms with Gasteiger partial charge in [0.15, 0.2) is 5.82 Å². The Balaban J connectivity index is 1.54. The van der Waals surface area contributed by atoms with Crippen LogP contribution >= 0.6 is 0 Å². The zero-order valence-corrected chi connectivity index (χ0v) is 19.7. The molecule has 0 aliphatic heterocycles.